The van der Waals surface area contributed by atoms with E-state index in [0.29, 0.717) is 37.4 Å². The number of para-hydroxylation sites is 1. The first-order valence-corrected chi connectivity index (χ1v) is 8.59. The summed E-state index contributed by atoms with van der Waals surface area (Å²) in [6.45, 7) is 0. The fourth-order valence-electron chi connectivity index (χ4n) is 2.20. The van der Waals surface area contributed by atoms with Crippen molar-refractivity contribution in [3.05, 3.63) is 57.6 Å². The molecule has 1 amide bonds. The van der Waals surface area contributed by atoms with Crippen LogP contribution in [0.2, 0.25) is 10.0 Å². The number of amides is 1. The molecule has 5 nitrogen and oxygen atoms in total. The lowest BCUT2D eigenvalue weighted by atomic mass is 10.1. The zero-order valence-electron chi connectivity index (χ0n) is 12.2. The monoisotopic (exact) mass is 379 g/mol. The lowest BCUT2D eigenvalue weighted by Gasteiger charge is -2.03. The number of primary amides is 1. The highest BCUT2D eigenvalue weighted by atomic mass is 35.5. The first kappa shape index (κ1) is 16.8. The minimum absolute atomic E-state index is 0.131. The topological polar surface area (TPSA) is 88.8 Å². The number of nitrogens with zero attached hydrogens (tertiary/aromatic N) is 1. The molecule has 0 aliphatic heterocycles. The number of rotatable bonds is 5. The van der Waals surface area contributed by atoms with Gasteiger partial charge in [-0.2, -0.15) is 0 Å². The number of nitrogens with two attached hydrogens (primary N) is 1. The fraction of sp³-hybridized carbons (Fsp3) is 0.0625. The highest BCUT2D eigenvalue weighted by Crippen LogP contribution is 2.25. The van der Waals surface area contributed by atoms with Crippen LogP contribution in [0, 0.1) is 0 Å². The Hall–Kier alpha value is -2.02. The Balaban J connectivity index is 1.81. The van der Waals surface area contributed by atoms with Gasteiger partial charge in [0.1, 0.15) is 5.52 Å². The van der Waals surface area contributed by atoms with Crippen LogP contribution in [0.25, 0.3) is 11.0 Å². The van der Waals surface area contributed by atoms with Crippen molar-refractivity contribution in [2.45, 2.75) is 5.16 Å². The lowest BCUT2D eigenvalue weighted by Crippen LogP contribution is -2.11. The minimum atomic E-state index is -0.551. The molecule has 3 rings (SSSR count). The van der Waals surface area contributed by atoms with Crippen molar-refractivity contribution in [2.75, 3.05) is 5.75 Å². The smallest absolute Gasteiger partial charge is 0.250 e. The molecule has 8 heteroatoms. The first-order valence-electron chi connectivity index (χ1n) is 6.85. The summed E-state index contributed by atoms with van der Waals surface area (Å²) in [5, 5.41) is 1.32. The molecule has 0 spiro atoms. The summed E-state index contributed by atoms with van der Waals surface area (Å²) in [7, 11) is 0. The number of hydrogen-bond acceptors (Lipinski definition) is 4. The normalized spacial score (nSPS) is 10.9. The zero-order valence-corrected chi connectivity index (χ0v) is 14.5. The van der Waals surface area contributed by atoms with Crippen molar-refractivity contribution in [3.63, 3.8) is 0 Å². The number of aromatic nitrogens is 2. The fourth-order valence-corrected chi connectivity index (χ4v) is 3.36. The Morgan fingerprint density at radius 3 is 2.71 bits per heavy atom. The third-order valence-corrected chi connectivity index (χ3v) is 4.76. The molecule has 0 fully saturated rings. The molecule has 1 heterocycles. The summed E-state index contributed by atoms with van der Waals surface area (Å²) in [5.41, 5.74) is 7.21. The summed E-state index contributed by atoms with van der Waals surface area (Å²) < 4.78 is 0. The summed E-state index contributed by atoms with van der Waals surface area (Å²) in [5.74, 6) is -0.584. The number of ketones is 1. The van der Waals surface area contributed by atoms with Crippen molar-refractivity contribution in [1.82, 2.24) is 9.97 Å². The number of Topliss-reactive ketones (excluding diaryl/α,β-unsaturated/α-hetero) is 1. The minimum Gasteiger partial charge on any atom is -0.366 e. The number of fused-ring (bicyclic) bond motifs is 1. The van der Waals surface area contributed by atoms with E-state index in [0.717, 1.165) is 0 Å². The number of halogens is 2. The Labute approximate surface area is 151 Å². The second-order valence-corrected chi connectivity index (χ2v) is 6.75. The summed E-state index contributed by atoms with van der Waals surface area (Å²) in [4.78, 5) is 31.1. The van der Waals surface area contributed by atoms with Gasteiger partial charge in [0.15, 0.2) is 10.9 Å². The number of hydrogen-bond donors (Lipinski definition) is 2. The highest BCUT2D eigenvalue weighted by molar-refractivity contribution is 7.99. The number of nitrogens with one attached hydrogen (secondary N) is 1. The van der Waals surface area contributed by atoms with E-state index in [1.54, 1.807) is 30.3 Å². The lowest BCUT2D eigenvalue weighted by molar-refractivity contribution is 0.0998. The molecular weight excluding hydrogens is 369 g/mol. The number of thioether (sulfide) groups is 1. The van der Waals surface area contributed by atoms with Crippen LogP contribution in [0.5, 0.6) is 0 Å². The molecule has 0 bridgehead atoms. The van der Waals surface area contributed by atoms with Gasteiger partial charge in [0.25, 0.3) is 5.91 Å². The van der Waals surface area contributed by atoms with Crippen molar-refractivity contribution >= 4 is 57.7 Å². The van der Waals surface area contributed by atoms with E-state index < -0.39 is 5.91 Å². The summed E-state index contributed by atoms with van der Waals surface area (Å²) in [6, 6.07) is 9.86. The summed E-state index contributed by atoms with van der Waals surface area (Å²) in [6.07, 6.45) is 0. The van der Waals surface area contributed by atoms with E-state index >= 15 is 0 Å². The zero-order chi connectivity index (χ0) is 17.3. The number of carbonyl (C=O) groups is 2. The molecule has 3 N–H and O–H groups in total. The van der Waals surface area contributed by atoms with Gasteiger partial charge in [-0.1, -0.05) is 41.0 Å². The Morgan fingerprint density at radius 1 is 1.17 bits per heavy atom. The second kappa shape index (κ2) is 6.84. The van der Waals surface area contributed by atoms with Crippen LogP contribution in [0.3, 0.4) is 0 Å². The Kier molecular flexibility index (Phi) is 4.80. The van der Waals surface area contributed by atoms with E-state index in [1.165, 1.54) is 17.8 Å². The number of carbonyl (C=O) groups excluding carboxylic acids is 2. The maximum absolute atomic E-state index is 12.3. The van der Waals surface area contributed by atoms with Gasteiger partial charge in [0.2, 0.25) is 0 Å². The van der Waals surface area contributed by atoms with Crippen LogP contribution in [-0.2, 0) is 0 Å². The molecule has 0 saturated heterocycles. The molecule has 122 valence electrons. The molecule has 0 saturated carbocycles. The van der Waals surface area contributed by atoms with E-state index in [2.05, 4.69) is 9.97 Å². The van der Waals surface area contributed by atoms with E-state index in [9.17, 15) is 9.59 Å². The Morgan fingerprint density at radius 2 is 1.96 bits per heavy atom. The van der Waals surface area contributed by atoms with E-state index in [4.69, 9.17) is 28.9 Å². The number of aromatic amines is 1. The molecule has 2 aromatic carbocycles. The quantitative estimate of drug-likeness (QED) is 0.518. The third kappa shape index (κ3) is 3.40. The SMILES string of the molecule is NC(=O)c1cccc2[nH]c(SCC(=O)c3cc(Cl)ccc3Cl)nc12. The number of H-pyrrole nitrogens is 1. The van der Waals surface area contributed by atoms with Gasteiger partial charge in [-0.05, 0) is 30.3 Å². The van der Waals surface area contributed by atoms with Gasteiger partial charge in [-0.25, -0.2) is 4.98 Å². The molecule has 0 aliphatic rings. The molecule has 0 aliphatic carbocycles. The van der Waals surface area contributed by atoms with Gasteiger partial charge in [-0.15, -0.1) is 0 Å². The van der Waals surface area contributed by atoms with E-state index in [1.807, 2.05) is 0 Å². The van der Waals surface area contributed by atoms with Crippen LogP contribution in [0.1, 0.15) is 20.7 Å². The third-order valence-electron chi connectivity index (χ3n) is 3.33. The maximum atomic E-state index is 12.3. The van der Waals surface area contributed by atoms with Crippen LogP contribution in [0.15, 0.2) is 41.6 Å². The average molecular weight is 380 g/mol. The number of benzene rings is 2. The van der Waals surface area contributed by atoms with Crippen LogP contribution in [0.4, 0.5) is 0 Å². The Bertz CT molecular complexity index is 956. The average Bonchev–Trinajstić information content (AvgIpc) is 2.97. The molecular formula is C16H11Cl2N3O2S. The van der Waals surface area contributed by atoms with Crippen molar-refractivity contribution < 1.29 is 9.59 Å². The molecule has 24 heavy (non-hydrogen) atoms. The summed E-state index contributed by atoms with van der Waals surface area (Å²) >= 11 is 13.1. The van der Waals surface area contributed by atoms with E-state index in [-0.39, 0.29) is 11.5 Å². The van der Waals surface area contributed by atoms with Gasteiger partial charge in [-0.3, -0.25) is 9.59 Å². The number of imidazole rings is 1. The molecule has 1 aromatic heterocycles. The largest absolute Gasteiger partial charge is 0.366 e. The molecule has 0 unspecified atom stereocenters. The van der Waals surface area contributed by atoms with Gasteiger partial charge in [0.05, 0.1) is 21.9 Å². The highest BCUT2D eigenvalue weighted by Gasteiger charge is 2.15. The first-order chi connectivity index (χ1) is 11.5. The van der Waals surface area contributed by atoms with Gasteiger partial charge in [0, 0.05) is 10.6 Å². The van der Waals surface area contributed by atoms with Crippen LogP contribution in [-0.4, -0.2) is 27.4 Å². The van der Waals surface area contributed by atoms with Gasteiger partial charge < -0.3 is 10.7 Å². The second-order valence-electron chi connectivity index (χ2n) is 4.94. The predicted octanol–water partition coefficient (Wildman–Crippen LogP) is 3.94. The molecule has 3 aromatic rings. The van der Waals surface area contributed by atoms with Crippen molar-refractivity contribution in [2.24, 2.45) is 5.73 Å². The predicted molar refractivity (Wildman–Crippen MR) is 96.1 cm³/mol. The molecule has 0 atom stereocenters. The van der Waals surface area contributed by atoms with Crippen LogP contribution < -0.4 is 5.73 Å². The standard InChI is InChI=1S/C16H11Cl2N3O2S/c17-8-4-5-11(18)10(6-8)13(22)7-24-16-20-12-3-1-2-9(15(19)23)14(12)21-16/h1-6H,7H2,(H2,19,23)(H,20,21). The van der Waals surface area contributed by atoms with Gasteiger partial charge >= 0.3 is 0 Å². The van der Waals surface area contributed by atoms with Crippen molar-refractivity contribution in [1.29, 1.82) is 0 Å². The molecule has 0 radical (unpaired) electrons. The van der Waals surface area contributed by atoms with Crippen LogP contribution >= 0.6 is 35.0 Å². The van der Waals surface area contributed by atoms with Crippen molar-refractivity contribution in [3.8, 4) is 0 Å². The maximum Gasteiger partial charge on any atom is 0.250 e.